The van der Waals surface area contributed by atoms with Crippen molar-refractivity contribution in [2.45, 2.75) is 73.1 Å². The zero-order valence-corrected chi connectivity index (χ0v) is 21.0. The van der Waals surface area contributed by atoms with Crippen molar-refractivity contribution in [3.8, 4) is 0 Å². The molecule has 0 bridgehead atoms. The lowest BCUT2D eigenvalue weighted by Crippen LogP contribution is -1.90. The molecule has 0 atom stereocenters. The van der Waals surface area contributed by atoms with Crippen molar-refractivity contribution in [2.75, 3.05) is 0 Å². The summed E-state index contributed by atoms with van der Waals surface area (Å²) in [6.45, 7) is 24.2. The van der Waals surface area contributed by atoms with Gasteiger partial charge in [0.2, 0.25) is 0 Å². The van der Waals surface area contributed by atoms with Crippen LogP contribution in [0.2, 0.25) is 0 Å². The van der Waals surface area contributed by atoms with E-state index in [0.717, 1.165) is 25.7 Å². The minimum atomic E-state index is 0.319. The lowest BCUT2D eigenvalue weighted by Gasteiger charge is -1.86. The molecule has 0 radical (unpaired) electrons. The van der Waals surface area contributed by atoms with Crippen molar-refractivity contribution in [1.29, 1.82) is 0 Å². The summed E-state index contributed by atoms with van der Waals surface area (Å²) in [6, 6.07) is 10.0. The maximum Gasteiger partial charge on any atom is 0.136 e. The first-order valence-electron chi connectivity index (χ1n) is 11.3. The lowest BCUT2D eigenvalue weighted by molar-refractivity contribution is -0.117. The normalized spacial score (nSPS) is 8.68. The van der Waals surface area contributed by atoms with Gasteiger partial charge in [-0.1, -0.05) is 113 Å². The fourth-order valence-corrected chi connectivity index (χ4v) is 1.47. The summed E-state index contributed by atoms with van der Waals surface area (Å²) in [5.74, 6) is 0.319. The van der Waals surface area contributed by atoms with Gasteiger partial charge in [-0.05, 0) is 38.2 Å². The number of hydrogen-bond acceptors (Lipinski definition) is 1. The first-order valence-corrected chi connectivity index (χ1v) is 11.3. The summed E-state index contributed by atoms with van der Waals surface area (Å²) in [4.78, 5) is 10.6. The van der Waals surface area contributed by atoms with Crippen molar-refractivity contribution in [3.05, 3.63) is 105 Å². The van der Waals surface area contributed by atoms with Crippen LogP contribution in [0.3, 0.4) is 0 Å². The Hall–Kier alpha value is -2.67. The molecule has 1 nitrogen and oxygen atoms in total. The third kappa shape index (κ3) is 46.9. The maximum atomic E-state index is 10.6. The largest absolute Gasteiger partial charge is 0.299 e. The van der Waals surface area contributed by atoms with Gasteiger partial charge in [-0.25, -0.2) is 0 Å². The molecule has 0 unspecified atom stereocenters. The number of carbonyl (C=O) groups excluding carboxylic acids is 1. The molecule has 0 aromatic heterocycles. The molecule has 0 heterocycles. The smallest absolute Gasteiger partial charge is 0.136 e. The Labute approximate surface area is 194 Å². The van der Waals surface area contributed by atoms with Crippen LogP contribution >= 0.6 is 0 Å². The van der Waals surface area contributed by atoms with Gasteiger partial charge >= 0.3 is 0 Å². The standard InChI is InChI=1S/C8H14O.C8H8.C5H10.C5H8.C4H8/c1-3-5-6-7-8(9)4-2;1-2-8-6-4-3-5-7-8;2*1-3-5-4-2;1-3-4-2/h5-6H,3-4,7H2,1-2H3;2-7H,1H2;3,5H,4H2,1-2H3;3-4H,1-2,5H2;3H,1,4H2,2H3/b6-5-;;5-3+;;. The summed E-state index contributed by atoms with van der Waals surface area (Å²) < 4.78 is 0. The van der Waals surface area contributed by atoms with Crippen LogP contribution in [-0.4, -0.2) is 5.78 Å². The van der Waals surface area contributed by atoms with Gasteiger partial charge in [-0.15, -0.1) is 19.7 Å². The second-order valence-corrected chi connectivity index (χ2v) is 6.08. The predicted octanol–water partition coefficient (Wildman–Crippen LogP) is 9.95. The van der Waals surface area contributed by atoms with Crippen LogP contribution in [0.25, 0.3) is 6.08 Å². The van der Waals surface area contributed by atoms with Crippen LogP contribution < -0.4 is 0 Å². The molecule has 0 aliphatic rings. The molecular weight excluding hydrogens is 376 g/mol. The highest BCUT2D eigenvalue weighted by Gasteiger charge is 1.90. The summed E-state index contributed by atoms with van der Waals surface area (Å²) in [5, 5.41) is 0. The van der Waals surface area contributed by atoms with E-state index in [0.29, 0.717) is 18.6 Å². The number of benzene rings is 1. The number of hydrogen-bond donors (Lipinski definition) is 0. The van der Waals surface area contributed by atoms with Gasteiger partial charge in [0, 0.05) is 12.8 Å². The summed E-state index contributed by atoms with van der Waals surface area (Å²) in [6.07, 6.45) is 20.9. The van der Waals surface area contributed by atoms with Crippen LogP contribution in [0.4, 0.5) is 0 Å². The molecule has 0 spiro atoms. The van der Waals surface area contributed by atoms with Gasteiger partial charge in [-0.3, -0.25) is 4.79 Å². The Morgan fingerprint density at radius 1 is 0.774 bits per heavy atom. The summed E-state index contributed by atoms with van der Waals surface area (Å²) >= 11 is 0. The number of ketones is 1. The number of Topliss-reactive ketones (excluding diaryl/α,β-unsaturated/α-hetero) is 1. The molecule has 31 heavy (non-hydrogen) atoms. The van der Waals surface area contributed by atoms with Crippen LogP contribution in [0.15, 0.2) is 99.2 Å². The fraction of sp³-hybridized carbons (Fsp3) is 0.367. The van der Waals surface area contributed by atoms with Crippen molar-refractivity contribution in [1.82, 2.24) is 0 Å². The van der Waals surface area contributed by atoms with E-state index in [-0.39, 0.29) is 0 Å². The van der Waals surface area contributed by atoms with Crippen LogP contribution in [-0.2, 0) is 4.79 Å². The van der Waals surface area contributed by atoms with E-state index in [1.165, 1.54) is 5.56 Å². The molecule has 1 heteroatoms. The average molecular weight is 425 g/mol. The van der Waals surface area contributed by atoms with Crippen molar-refractivity contribution in [3.63, 3.8) is 0 Å². The Kier molecular flexibility index (Phi) is 43.8. The minimum Gasteiger partial charge on any atom is -0.299 e. The Balaban J connectivity index is -0.000000153. The average Bonchev–Trinajstić information content (AvgIpc) is 2.82. The van der Waals surface area contributed by atoms with Crippen LogP contribution in [0.5, 0.6) is 0 Å². The molecule has 1 rings (SSSR count). The van der Waals surface area contributed by atoms with Crippen LogP contribution in [0, 0.1) is 0 Å². The van der Waals surface area contributed by atoms with E-state index >= 15 is 0 Å². The lowest BCUT2D eigenvalue weighted by atomic mass is 10.2. The molecule has 1 aromatic rings. The second kappa shape index (κ2) is 38.0. The van der Waals surface area contributed by atoms with E-state index in [1.54, 1.807) is 0 Å². The molecule has 0 fully saturated rings. The third-order valence-electron chi connectivity index (χ3n) is 3.27. The number of allylic oxidation sites excluding steroid dienone is 7. The fourth-order valence-electron chi connectivity index (χ4n) is 1.47. The number of rotatable bonds is 9. The zero-order valence-electron chi connectivity index (χ0n) is 21.0. The Bertz CT molecular complexity index is 555. The molecule has 0 saturated carbocycles. The summed E-state index contributed by atoms with van der Waals surface area (Å²) in [5.41, 5.74) is 1.17. The van der Waals surface area contributed by atoms with Gasteiger partial charge in [0.05, 0.1) is 0 Å². The topological polar surface area (TPSA) is 17.1 Å². The minimum absolute atomic E-state index is 0.319. The molecular formula is C30H48O. The molecule has 174 valence electrons. The monoisotopic (exact) mass is 424 g/mol. The summed E-state index contributed by atoms with van der Waals surface area (Å²) in [7, 11) is 0. The second-order valence-electron chi connectivity index (χ2n) is 6.08. The Morgan fingerprint density at radius 3 is 1.52 bits per heavy atom. The number of carbonyl (C=O) groups is 1. The van der Waals surface area contributed by atoms with Gasteiger partial charge < -0.3 is 0 Å². The first-order chi connectivity index (χ1) is 15.0. The third-order valence-corrected chi connectivity index (χ3v) is 3.27. The van der Waals surface area contributed by atoms with Gasteiger partial charge in [0.1, 0.15) is 5.78 Å². The van der Waals surface area contributed by atoms with Gasteiger partial charge in [0.15, 0.2) is 0 Å². The highest BCUT2D eigenvalue weighted by molar-refractivity contribution is 5.79. The van der Waals surface area contributed by atoms with E-state index in [1.807, 2.05) is 80.6 Å². The van der Waals surface area contributed by atoms with Gasteiger partial charge in [0.25, 0.3) is 0 Å². The highest BCUT2D eigenvalue weighted by Crippen LogP contribution is 1.97. The predicted molar refractivity (Wildman–Crippen MR) is 146 cm³/mol. The van der Waals surface area contributed by atoms with Crippen LogP contribution in [0.1, 0.15) is 78.7 Å². The maximum absolute atomic E-state index is 10.6. The van der Waals surface area contributed by atoms with E-state index < -0.39 is 0 Å². The Morgan fingerprint density at radius 2 is 1.29 bits per heavy atom. The first kappa shape index (κ1) is 35.7. The SMILES string of the molecule is C/C=C/CC.C=CCC.C=CCC=C.C=Cc1ccccc1.CC/C=C\CC(=O)CC. The van der Waals surface area contributed by atoms with Crippen molar-refractivity contribution >= 4 is 11.9 Å². The van der Waals surface area contributed by atoms with Crippen molar-refractivity contribution < 1.29 is 4.79 Å². The molecule has 0 aliphatic heterocycles. The molecule has 0 aliphatic carbocycles. The molecule has 0 saturated heterocycles. The quantitative estimate of drug-likeness (QED) is 0.360. The molecule has 0 N–H and O–H groups in total. The van der Waals surface area contributed by atoms with E-state index in [9.17, 15) is 4.79 Å². The van der Waals surface area contributed by atoms with E-state index in [4.69, 9.17) is 0 Å². The van der Waals surface area contributed by atoms with E-state index in [2.05, 4.69) is 59.2 Å². The highest BCUT2D eigenvalue weighted by atomic mass is 16.1. The molecule has 1 aromatic carbocycles. The van der Waals surface area contributed by atoms with Gasteiger partial charge in [-0.2, -0.15) is 0 Å². The van der Waals surface area contributed by atoms with Crippen molar-refractivity contribution in [2.24, 2.45) is 0 Å². The zero-order chi connectivity index (χ0) is 24.6. The molecule has 0 amide bonds.